The summed E-state index contributed by atoms with van der Waals surface area (Å²) in [5.41, 5.74) is 7.16. The van der Waals surface area contributed by atoms with Gasteiger partial charge in [0.2, 0.25) is 11.7 Å². The largest absolute Gasteiger partial charge is 0.489 e. The van der Waals surface area contributed by atoms with E-state index < -0.39 is 0 Å². The van der Waals surface area contributed by atoms with E-state index in [2.05, 4.69) is 42.2 Å². The van der Waals surface area contributed by atoms with Gasteiger partial charge in [0.05, 0.1) is 5.84 Å². The van der Waals surface area contributed by atoms with Gasteiger partial charge in [-0.3, -0.25) is 5.41 Å². The third kappa shape index (κ3) is 8.32. The number of nitrogens with zero attached hydrogens (tertiary/aromatic N) is 2. The lowest BCUT2D eigenvalue weighted by Crippen LogP contribution is -2.18. The number of aromatic nitrogens is 2. The Morgan fingerprint density at radius 1 is 1.03 bits per heavy atom. The van der Waals surface area contributed by atoms with Crippen molar-refractivity contribution in [2.24, 2.45) is 11.7 Å². The van der Waals surface area contributed by atoms with Crippen molar-refractivity contribution in [3.05, 3.63) is 77.1 Å². The molecule has 4 rings (SSSR count). The lowest BCUT2D eigenvalue weighted by molar-refractivity contribution is 0.306. The smallest absolute Gasteiger partial charge is 0.229 e. The van der Waals surface area contributed by atoms with Crippen molar-refractivity contribution in [1.29, 1.82) is 5.41 Å². The molecule has 0 bridgehead atoms. The van der Waals surface area contributed by atoms with Crippen LogP contribution in [0.1, 0.15) is 70.8 Å². The molecule has 0 aliphatic heterocycles. The van der Waals surface area contributed by atoms with Crippen LogP contribution in [0.4, 0.5) is 0 Å². The van der Waals surface area contributed by atoms with Crippen LogP contribution in [0.2, 0.25) is 5.02 Å². The second-order valence-electron chi connectivity index (χ2n) is 9.40. The van der Waals surface area contributed by atoms with Gasteiger partial charge in [-0.2, -0.15) is 4.98 Å². The molecule has 1 heterocycles. The molecule has 0 saturated carbocycles. The molecule has 0 amide bonds. The highest BCUT2D eigenvalue weighted by Gasteiger charge is 2.15. The molecule has 37 heavy (non-hydrogen) atoms. The fourth-order valence-electron chi connectivity index (χ4n) is 3.61. The Kier molecular flexibility index (Phi) is 10.5. The molecule has 3 aromatic carbocycles. The minimum Gasteiger partial charge on any atom is -0.489 e. The number of amidine groups is 1. The van der Waals surface area contributed by atoms with Crippen LogP contribution in [0.25, 0.3) is 22.2 Å². The fraction of sp³-hybridized carbons (Fsp3) is 0.367. The van der Waals surface area contributed by atoms with Gasteiger partial charge in [-0.25, -0.2) is 0 Å². The molecule has 3 N–H and O–H groups in total. The zero-order valence-electron chi connectivity index (χ0n) is 22.1. The number of halogens is 1. The number of hydrogen-bond donors (Lipinski definition) is 2. The number of fused-ring (bicyclic) bond motifs is 1. The van der Waals surface area contributed by atoms with Crippen LogP contribution in [0.15, 0.2) is 65.2 Å². The number of nitrogens with one attached hydrogen (secondary N) is 1. The minimum absolute atomic E-state index is 0.264. The van der Waals surface area contributed by atoms with Crippen molar-refractivity contribution in [1.82, 2.24) is 10.1 Å². The van der Waals surface area contributed by atoms with E-state index in [9.17, 15) is 0 Å². The van der Waals surface area contributed by atoms with Crippen LogP contribution in [-0.4, -0.2) is 16.0 Å². The molecule has 0 aliphatic carbocycles. The van der Waals surface area contributed by atoms with Gasteiger partial charge >= 0.3 is 0 Å². The molecule has 0 spiro atoms. The Morgan fingerprint density at radius 3 is 2.38 bits per heavy atom. The lowest BCUT2D eigenvalue weighted by atomic mass is 10.0. The quantitative estimate of drug-likeness (QED) is 0.161. The summed E-state index contributed by atoms with van der Waals surface area (Å²) >= 11 is 5.93. The molecule has 7 heteroatoms. The van der Waals surface area contributed by atoms with Crippen molar-refractivity contribution in [3.8, 4) is 17.1 Å². The van der Waals surface area contributed by atoms with Crippen LogP contribution >= 0.6 is 11.6 Å². The van der Waals surface area contributed by atoms with E-state index in [1.165, 1.54) is 6.42 Å². The highest BCUT2D eigenvalue weighted by atomic mass is 35.5. The number of ether oxygens (including phenoxy) is 1. The lowest BCUT2D eigenvalue weighted by Gasteiger charge is -2.08. The van der Waals surface area contributed by atoms with Crippen LogP contribution < -0.4 is 10.5 Å². The molecule has 6 nitrogen and oxygen atoms in total. The summed E-state index contributed by atoms with van der Waals surface area (Å²) in [6.45, 7) is 8.80. The molecule has 196 valence electrons. The molecule has 2 atom stereocenters. The molecule has 0 radical (unpaired) electrons. The maximum atomic E-state index is 6.88. The van der Waals surface area contributed by atoms with Crippen LogP contribution in [0, 0.1) is 11.3 Å². The first-order valence-electron chi connectivity index (χ1n) is 12.9. The number of rotatable bonds is 10. The van der Waals surface area contributed by atoms with Gasteiger partial charge in [-0.1, -0.05) is 87.6 Å². The zero-order chi connectivity index (χ0) is 26.8. The number of nitrogens with two attached hydrogens (primary N) is 1. The first-order chi connectivity index (χ1) is 17.8. The Balaban J connectivity index is 0.000000479. The summed E-state index contributed by atoms with van der Waals surface area (Å²) < 4.78 is 11.4. The van der Waals surface area contributed by atoms with E-state index in [1.54, 1.807) is 0 Å². The molecule has 2 unspecified atom stereocenters. The van der Waals surface area contributed by atoms with Gasteiger partial charge in [-0.05, 0) is 59.5 Å². The average molecular weight is 521 g/mol. The number of unbranched alkanes of at least 4 members (excludes halogenated alkanes) is 1. The first-order valence-corrected chi connectivity index (χ1v) is 13.3. The van der Waals surface area contributed by atoms with Crippen molar-refractivity contribution in [2.75, 3.05) is 0 Å². The molecule has 0 saturated heterocycles. The molecular weight excluding hydrogens is 484 g/mol. The maximum absolute atomic E-state index is 6.88. The zero-order valence-corrected chi connectivity index (χ0v) is 22.9. The summed E-state index contributed by atoms with van der Waals surface area (Å²) in [7, 11) is 0. The third-order valence-corrected chi connectivity index (χ3v) is 6.64. The first kappa shape index (κ1) is 28.2. The molecular formula is C30H37ClN4O2. The van der Waals surface area contributed by atoms with Gasteiger partial charge in [-0.15, -0.1) is 0 Å². The maximum Gasteiger partial charge on any atom is 0.229 e. The van der Waals surface area contributed by atoms with Gasteiger partial charge < -0.3 is 15.0 Å². The molecule has 4 aromatic rings. The van der Waals surface area contributed by atoms with Gasteiger partial charge in [0.25, 0.3) is 0 Å². The predicted octanol–water partition coefficient (Wildman–Crippen LogP) is 8.38. The van der Waals surface area contributed by atoms with Gasteiger partial charge in [0, 0.05) is 22.4 Å². The highest BCUT2D eigenvalue weighted by molar-refractivity contribution is 6.30. The van der Waals surface area contributed by atoms with Gasteiger partial charge in [0.15, 0.2) is 0 Å². The van der Waals surface area contributed by atoms with E-state index in [0.29, 0.717) is 24.2 Å². The topological polar surface area (TPSA) is 98.0 Å². The van der Waals surface area contributed by atoms with E-state index in [-0.39, 0.29) is 11.8 Å². The Labute approximate surface area is 224 Å². The monoisotopic (exact) mass is 520 g/mol. The van der Waals surface area contributed by atoms with E-state index in [1.807, 2.05) is 56.3 Å². The van der Waals surface area contributed by atoms with Crippen molar-refractivity contribution in [3.63, 3.8) is 0 Å². The summed E-state index contributed by atoms with van der Waals surface area (Å²) in [6, 6.07) is 19.9. The number of hydrogen-bond acceptors (Lipinski definition) is 5. The van der Waals surface area contributed by atoms with Crippen LogP contribution in [0.3, 0.4) is 0 Å². The average Bonchev–Trinajstić information content (AvgIpc) is 3.41. The Morgan fingerprint density at radius 2 is 1.73 bits per heavy atom. The standard InChI is InChI=1S/C25H25ClN2O2.C5H12N2/c1-3-4-5-17(2)25-27-24(28-30-25)21-9-8-20-15-23(13-10-19(20)14-21)29-16-18-6-11-22(26)12-7-18;1-3-4(2)5(6)7/h6-15,17H,3-5,16H2,1-2H3;4H,3H2,1-2H3,(H3,6,7). The van der Waals surface area contributed by atoms with Crippen LogP contribution in [-0.2, 0) is 6.61 Å². The summed E-state index contributed by atoms with van der Waals surface area (Å²) in [5.74, 6) is 3.02. The summed E-state index contributed by atoms with van der Waals surface area (Å²) in [5, 5.41) is 14.0. The van der Waals surface area contributed by atoms with E-state index in [0.717, 1.165) is 51.9 Å². The van der Waals surface area contributed by atoms with Crippen molar-refractivity contribution in [2.45, 2.75) is 65.9 Å². The highest BCUT2D eigenvalue weighted by Crippen LogP contribution is 2.28. The second kappa shape index (κ2) is 13.8. The Bertz CT molecular complexity index is 1290. The van der Waals surface area contributed by atoms with E-state index >= 15 is 0 Å². The SMILES string of the molecule is CCC(C)C(=N)N.CCCCC(C)c1nc(-c2ccc3cc(OCc4ccc(Cl)cc4)ccc3c2)no1. The van der Waals surface area contributed by atoms with Crippen molar-refractivity contribution < 1.29 is 9.26 Å². The Hall–Kier alpha value is -3.38. The third-order valence-electron chi connectivity index (χ3n) is 6.39. The molecule has 0 fully saturated rings. The molecule has 1 aromatic heterocycles. The van der Waals surface area contributed by atoms with Crippen molar-refractivity contribution >= 4 is 28.2 Å². The predicted molar refractivity (Wildman–Crippen MR) is 152 cm³/mol. The van der Waals surface area contributed by atoms with E-state index in [4.69, 9.17) is 32.0 Å². The minimum atomic E-state index is 0.264. The van der Waals surface area contributed by atoms with Crippen LogP contribution in [0.5, 0.6) is 5.75 Å². The summed E-state index contributed by atoms with van der Waals surface area (Å²) in [4.78, 5) is 4.62. The van der Waals surface area contributed by atoms with Gasteiger partial charge in [0.1, 0.15) is 12.4 Å². The number of benzene rings is 3. The fourth-order valence-corrected chi connectivity index (χ4v) is 3.73. The molecule has 0 aliphatic rings. The normalized spacial score (nSPS) is 12.5. The summed E-state index contributed by atoms with van der Waals surface area (Å²) in [6.07, 6.45) is 4.36. The second-order valence-corrected chi connectivity index (χ2v) is 9.84.